The van der Waals surface area contributed by atoms with Gasteiger partial charge in [-0.3, -0.25) is 0 Å². The summed E-state index contributed by atoms with van der Waals surface area (Å²) in [6, 6.07) is 2.35. The van der Waals surface area contributed by atoms with Gasteiger partial charge in [0.1, 0.15) is 5.82 Å². The molecule has 0 radical (unpaired) electrons. The first kappa shape index (κ1) is 12.0. The molecule has 0 aromatic heterocycles. The van der Waals surface area contributed by atoms with Crippen LogP contribution in [0, 0.1) is 5.82 Å². The zero-order valence-corrected chi connectivity index (χ0v) is 8.11. The summed E-state index contributed by atoms with van der Waals surface area (Å²) in [6.45, 7) is 1.78. The quantitative estimate of drug-likeness (QED) is 0.762. The van der Waals surface area contributed by atoms with E-state index in [4.69, 9.17) is 5.73 Å². The molecule has 0 heterocycles. The molecule has 2 N–H and O–H groups in total. The highest BCUT2D eigenvalue weighted by atomic mass is 19.4. The molecule has 1 aromatic rings. The molecule has 0 aliphatic heterocycles. The summed E-state index contributed by atoms with van der Waals surface area (Å²) in [5.74, 6) is -1.27. The summed E-state index contributed by atoms with van der Waals surface area (Å²) in [5, 5.41) is 0. The Kier molecular flexibility index (Phi) is 3.34. The largest absolute Gasteiger partial charge is 0.419 e. The van der Waals surface area contributed by atoms with Crippen molar-refractivity contribution in [2.45, 2.75) is 25.6 Å². The average molecular weight is 221 g/mol. The lowest BCUT2D eigenvalue weighted by atomic mass is 10.0. The van der Waals surface area contributed by atoms with Crippen molar-refractivity contribution in [3.05, 3.63) is 35.1 Å². The Morgan fingerprint density at radius 1 is 1.33 bits per heavy atom. The summed E-state index contributed by atoms with van der Waals surface area (Å²) in [5.41, 5.74) is 4.70. The van der Waals surface area contributed by atoms with E-state index in [2.05, 4.69) is 0 Å². The van der Waals surface area contributed by atoms with Crippen molar-refractivity contribution in [1.82, 2.24) is 0 Å². The molecule has 0 aliphatic carbocycles. The van der Waals surface area contributed by atoms with Gasteiger partial charge in [0.2, 0.25) is 0 Å². The molecule has 0 amide bonds. The third-order valence-electron chi connectivity index (χ3n) is 2.17. The minimum absolute atomic E-state index is 0.378. The van der Waals surface area contributed by atoms with Crippen LogP contribution in [0.1, 0.15) is 30.5 Å². The summed E-state index contributed by atoms with van der Waals surface area (Å²) >= 11 is 0. The molecular weight excluding hydrogens is 210 g/mol. The topological polar surface area (TPSA) is 26.0 Å². The molecule has 0 spiro atoms. The van der Waals surface area contributed by atoms with E-state index in [1.807, 2.05) is 0 Å². The van der Waals surface area contributed by atoms with Crippen LogP contribution in [0.25, 0.3) is 0 Å². The van der Waals surface area contributed by atoms with Crippen molar-refractivity contribution in [2.75, 3.05) is 0 Å². The molecule has 0 fully saturated rings. The summed E-state index contributed by atoms with van der Waals surface area (Å²) < 4.78 is 49.6. The molecule has 84 valence electrons. The highest BCUT2D eigenvalue weighted by Crippen LogP contribution is 2.32. The smallest absolute Gasteiger partial charge is 0.324 e. The first-order valence-corrected chi connectivity index (χ1v) is 4.48. The van der Waals surface area contributed by atoms with Gasteiger partial charge in [-0.25, -0.2) is 4.39 Å². The summed E-state index contributed by atoms with van der Waals surface area (Å²) in [6.07, 6.45) is -4.11. The molecule has 0 saturated heterocycles. The van der Waals surface area contributed by atoms with Gasteiger partial charge >= 0.3 is 6.18 Å². The van der Waals surface area contributed by atoms with Crippen molar-refractivity contribution < 1.29 is 17.6 Å². The number of rotatable bonds is 2. The van der Waals surface area contributed by atoms with Gasteiger partial charge < -0.3 is 5.73 Å². The molecule has 0 saturated carbocycles. The maximum Gasteiger partial charge on any atom is 0.419 e. The van der Waals surface area contributed by atoms with E-state index >= 15 is 0 Å². The van der Waals surface area contributed by atoms with Crippen LogP contribution >= 0.6 is 0 Å². The fourth-order valence-corrected chi connectivity index (χ4v) is 1.23. The van der Waals surface area contributed by atoms with Crippen LogP contribution in [-0.2, 0) is 6.18 Å². The van der Waals surface area contributed by atoms with Gasteiger partial charge in [-0.2, -0.15) is 13.2 Å². The van der Waals surface area contributed by atoms with E-state index < -0.39 is 23.6 Å². The highest BCUT2D eigenvalue weighted by Gasteiger charge is 2.34. The van der Waals surface area contributed by atoms with Gasteiger partial charge in [0.15, 0.2) is 0 Å². The second kappa shape index (κ2) is 4.18. The van der Waals surface area contributed by atoms with E-state index in [1.54, 1.807) is 6.92 Å². The van der Waals surface area contributed by atoms with Crippen LogP contribution in [0.5, 0.6) is 0 Å². The molecule has 1 rings (SSSR count). The molecule has 1 nitrogen and oxygen atoms in total. The number of hydrogen-bond donors (Lipinski definition) is 1. The SMILES string of the molecule is CC[C@@H](N)c1ccc(C(F)(F)F)c(F)c1. The fourth-order valence-electron chi connectivity index (χ4n) is 1.23. The molecule has 15 heavy (non-hydrogen) atoms. The van der Waals surface area contributed by atoms with Gasteiger partial charge in [0, 0.05) is 6.04 Å². The van der Waals surface area contributed by atoms with Crippen molar-refractivity contribution in [3.8, 4) is 0 Å². The number of benzene rings is 1. The predicted molar refractivity (Wildman–Crippen MR) is 48.6 cm³/mol. The van der Waals surface area contributed by atoms with Crippen molar-refractivity contribution in [2.24, 2.45) is 5.73 Å². The Morgan fingerprint density at radius 2 is 1.93 bits per heavy atom. The average Bonchev–Trinajstić information content (AvgIpc) is 2.14. The van der Waals surface area contributed by atoms with Gasteiger partial charge in [0.25, 0.3) is 0 Å². The van der Waals surface area contributed by atoms with Crippen LogP contribution in [0.2, 0.25) is 0 Å². The number of alkyl halides is 3. The zero-order valence-electron chi connectivity index (χ0n) is 8.11. The first-order valence-electron chi connectivity index (χ1n) is 4.48. The van der Waals surface area contributed by atoms with Gasteiger partial charge in [0.05, 0.1) is 5.56 Å². The lowest BCUT2D eigenvalue weighted by Crippen LogP contribution is -2.12. The van der Waals surface area contributed by atoms with Crippen LogP contribution < -0.4 is 5.73 Å². The van der Waals surface area contributed by atoms with E-state index in [9.17, 15) is 17.6 Å². The number of nitrogens with two attached hydrogens (primary N) is 1. The Hall–Kier alpha value is -1.10. The Morgan fingerprint density at radius 3 is 2.33 bits per heavy atom. The van der Waals surface area contributed by atoms with Gasteiger partial charge in [-0.15, -0.1) is 0 Å². The molecular formula is C10H11F4N. The monoisotopic (exact) mass is 221 g/mol. The third-order valence-corrected chi connectivity index (χ3v) is 2.17. The number of halogens is 4. The minimum Gasteiger partial charge on any atom is -0.324 e. The lowest BCUT2D eigenvalue weighted by Gasteiger charge is -2.12. The van der Waals surface area contributed by atoms with Gasteiger partial charge in [-0.05, 0) is 24.1 Å². The third kappa shape index (κ3) is 2.68. The molecule has 0 bridgehead atoms. The minimum atomic E-state index is -4.65. The van der Waals surface area contributed by atoms with Crippen LogP contribution in [0.4, 0.5) is 17.6 Å². The molecule has 5 heteroatoms. The molecule has 1 aromatic carbocycles. The molecule has 0 unspecified atom stereocenters. The van der Waals surface area contributed by atoms with E-state index in [0.717, 1.165) is 12.1 Å². The van der Waals surface area contributed by atoms with Crippen molar-refractivity contribution in [3.63, 3.8) is 0 Å². The van der Waals surface area contributed by atoms with E-state index in [-0.39, 0.29) is 0 Å². The zero-order chi connectivity index (χ0) is 11.6. The summed E-state index contributed by atoms with van der Waals surface area (Å²) in [7, 11) is 0. The normalized spacial score (nSPS) is 14.0. The van der Waals surface area contributed by atoms with Crippen LogP contribution in [0.15, 0.2) is 18.2 Å². The Balaban J connectivity index is 3.09. The maximum atomic E-state index is 13.1. The first-order chi connectivity index (χ1) is 6.86. The maximum absolute atomic E-state index is 13.1. The predicted octanol–water partition coefficient (Wildman–Crippen LogP) is 3.25. The van der Waals surface area contributed by atoms with E-state index in [0.29, 0.717) is 12.0 Å². The van der Waals surface area contributed by atoms with Crippen molar-refractivity contribution in [1.29, 1.82) is 0 Å². The molecule has 0 aliphatic rings. The van der Waals surface area contributed by atoms with Crippen LogP contribution in [-0.4, -0.2) is 0 Å². The fraction of sp³-hybridized carbons (Fsp3) is 0.400. The summed E-state index contributed by atoms with van der Waals surface area (Å²) in [4.78, 5) is 0. The molecule has 1 atom stereocenters. The number of hydrogen-bond acceptors (Lipinski definition) is 1. The van der Waals surface area contributed by atoms with Gasteiger partial charge in [-0.1, -0.05) is 13.0 Å². The lowest BCUT2D eigenvalue weighted by molar-refractivity contribution is -0.140. The standard InChI is InChI=1S/C10H11F4N/c1-2-9(15)6-3-4-7(8(11)5-6)10(12,13)14/h3-5,9H,2,15H2,1H3/t9-/m1/s1. The Labute approximate surface area is 84.9 Å². The van der Waals surface area contributed by atoms with Crippen LogP contribution in [0.3, 0.4) is 0 Å². The second-order valence-electron chi connectivity index (χ2n) is 3.25. The Bertz CT molecular complexity index is 346. The second-order valence-corrected chi connectivity index (χ2v) is 3.25. The highest BCUT2D eigenvalue weighted by molar-refractivity contribution is 5.28. The van der Waals surface area contributed by atoms with E-state index in [1.165, 1.54) is 6.07 Å². The van der Waals surface area contributed by atoms with Crippen molar-refractivity contribution >= 4 is 0 Å².